The number of carbonyl (C=O) groups excluding carboxylic acids is 1. The number of nitrogens with zero attached hydrogens (tertiary/aromatic N) is 4. The first-order valence-electron chi connectivity index (χ1n) is 9.63. The van der Waals surface area contributed by atoms with Crippen LogP contribution in [-0.4, -0.2) is 31.1 Å². The van der Waals surface area contributed by atoms with E-state index in [2.05, 4.69) is 25.2 Å². The van der Waals surface area contributed by atoms with Crippen LogP contribution >= 0.6 is 23.4 Å². The zero-order chi connectivity index (χ0) is 20.4. The largest absolute Gasteiger partial charge is 0.360 e. The second-order valence-electron chi connectivity index (χ2n) is 7.17. The number of carbonyl (C=O) groups is 1. The molecule has 1 aliphatic carbocycles. The van der Waals surface area contributed by atoms with Gasteiger partial charge in [0.2, 0.25) is 5.91 Å². The molecule has 1 unspecified atom stereocenters. The van der Waals surface area contributed by atoms with Crippen molar-refractivity contribution in [3.8, 4) is 11.4 Å². The van der Waals surface area contributed by atoms with Gasteiger partial charge in [-0.3, -0.25) is 9.36 Å². The van der Waals surface area contributed by atoms with Crippen molar-refractivity contribution in [1.82, 2.24) is 19.9 Å². The number of rotatable bonds is 6. The molecule has 152 valence electrons. The second-order valence-corrected chi connectivity index (χ2v) is 8.88. The van der Waals surface area contributed by atoms with Gasteiger partial charge in [-0.1, -0.05) is 53.5 Å². The molecular weight excluding hydrogens is 410 g/mol. The minimum atomic E-state index is -0.379. The summed E-state index contributed by atoms with van der Waals surface area (Å²) in [4.78, 5) is 12.6. The van der Waals surface area contributed by atoms with Gasteiger partial charge in [-0.05, 0) is 38.8 Å². The molecule has 29 heavy (non-hydrogen) atoms. The molecule has 1 aliphatic rings. The predicted molar refractivity (Wildman–Crippen MR) is 113 cm³/mol. The van der Waals surface area contributed by atoms with Crippen molar-refractivity contribution in [2.75, 3.05) is 5.32 Å². The summed E-state index contributed by atoms with van der Waals surface area (Å²) in [5, 5.41) is 16.4. The minimum absolute atomic E-state index is 0.163. The van der Waals surface area contributed by atoms with E-state index in [-0.39, 0.29) is 11.2 Å². The van der Waals surface area contributed by atoms with Gasteiger partial charge in [0.1, 0.15) is 5.76 Å². The number of thioether (sulfide) groups is 1. The van der Waals surface area contributed by atoms with Gasteiger partial charge in [0, 0.05) is 17.7 Å². The Kier molecular flexibility index (Phi) is 5.91. The molecule has 7 nitrogen and oxygen atoms in total. The van der Waals surface area contributed by atoms with Gasteiger partial charge in [-0.15, -0.1) is 10.2 Å². The van der Waals surface area contributed by atoms with Crippen LogP contribution in [0.25, 0.3) is 11.4 Å². The first-order chi connectivity index (χ1) is 14.0. The highest BCUT2D eigenvalue weighted by atomic mass is 35.5. The van der Waals surface area contributed by atoms with Crippen molar-refractivity contribution in [1.29, 1.82) is 0 Å². The van der Waals surface area contributed by atoms with Crippen molar-refractivity contribution < 1.29 is 9.32 Å². The summed E-state index contributed by atoms with van der Waals surface area (Å²) >= 11 is 7.82. The molecule has 0 bridgehead atoms. The summed E-state index contributed by atoms with van der Waals surface area (Å²) in [5.74, 6) is 1.65. The molecule has 4 rings (SSSR count). The van der Waals surface area contributed by atoms with E-state index in [1.807, 2.05) is 31.2 Å². The number of nitrogens with one attached hydrogen (secondary N) is 1. The van der Waals surface area contributed by atoms with Crippen LogP contribution in [0, 0.1) is 6.92 Å². The molecule has 0 spiro atoms. The maximum absolute atomic E-state index is 12.6. The Balaban J connectivity index is 1.60. The van der Waals surface area contributed by atoms with E-state index in [9.17, 15) is 4.79 Å². The summed E-state index contributed by atoms with van der Waals surface area (Å²) in [6.45, 7) is 3.62. The van der Waals surface area contributed by atoms with Gasteiger partial charge in [0.05, 0.1) is 10.3 Å². The fraction of sp³-hybridized carbons (Fsp3) is 0.400. The lowest BCUT2D eigenvalue weighted by Gasteiger charge is -2.18. The first kappa shape index (κ1) is 20.0. The fourth-order valence-electron chi connectivity index (χ4n) is 3.54. The second kappa shape index (κ2) is 8.59. The Morgan fingerprint density at radius 1 is 1.31 bits per heavy atom. The molecule has 0 radical (unpaired) electrons. The monoisotopic (exact) mass is 431 g/mol. The van der Waals surface area contributed by atoms with E-state index >= 15 is 0 Å². The third-order valence-electron chi connectivity index (χ3n) is 5.00. The Labute approximate surface area is 178 Å². The third-order valence-corrected chi connectivity index (χ3v) is 6.39. The van der Waals surface area contributed by atoms with Gasteiger partial charge in [-0.2, -0.15) is 0 Å². The molecule has 0 saturated heterocycles. The topological polar surface area (TPSA) is 85.8 Å². The zero-order valence-corrected chi connectivity index (χ0v) is 17.8. The lowest BCUT2D eigenvalue weighted by molar-refractivity contribution is -0.115. The minimum Gasteiger partial charge on any atom is -0.360 e. The number of aromatic nitrogens is 4. The van der Waals surface area contributed by atoms with Crippen molar-refractivity contribution in [2.24, 2.45) is 0 Å². The Bertz CT molecular complexity index is 1010. The smallest absolute Gasteiger partial charge is 0.238 e. The van der Waals surface area contributed by atoms with E-state index in [1.165, 1.54) is 24.6 Å². The van der Waals surface area contributed by atoms with Crippen LogP contribution in [0.3, 0.4) is 0 Å². The number of benzene rings is 1. The molecule has 1 aromatic carbocycles. The lowest BCUT2D eigenvalue weighted by atomic mass is 10.2. The first-order valence-corrected chi connectivity index (χ1v) is 10.9. The Morgan fingerprint density at radius 2 is 2.07 bits per heavy atom. The zero-order valence-electron chi connectivity index (χ0n) is 16.3. The van der Waals surface area contributed by atoms with Crippen molar-refractivity contribution in [3.05, 3.63) is 41.1 Å². The van der Waals surface area contributed by atoms with E-state index < -0.39 is 0 Å². The third kappa shape index (κ3) is 4.33. The van der Waals surface area contributed by atoms with Crippen LogP contribution in [0.15, 0.2) is 40.0 Å². The number of hydrogen-bond acceptors (Lipinski definition) is 6. The number of amides is 1. The lowest BCUT2D eigenvalue weighted by Crippen LogP contribution is -2.23. The summed E-state index contributed by atoms with van der Waals surface area (Å²) < 4.78 is 7.16. The number of halogens is 1. The van der Waals surface area contributed by atoms with Gasteiger partial charge in [0.15, 0.2) is 16.8 Å². The molecule has 1 fully saturated rings. The number of aryl methyl sites for hydroxylation is 1. The van der Waals surface area contributed by atoms with Crippen LogP contribution in [-0.2, 0) is 4.79 Å². The van der Waals surface area contributed by atoms with Crippen molar-refractivity contribution in [3.63, 3.8) is 0 Å². The molecule has 2 heterocycles. The van der Waals surface area contributed by atoms with Crippen LogP contribution in [0.2, 0.25) is 5.02 Å². The quantitative estimate of drug-likeness (QED) is 0.544. The Morgan fingerprint density at radius 3 is 2.76 bits per heavy atom. The molecule has 3 aromatic rings. The molecule has 1 saturated carbocycles. The standard InChI is InChI=1S/C20H22ClN5O2S/c1-12-11-17(25-28-12)22-19(27)13(2)29-20-24-23-18(15-9-5-6-10-16(15)21)26(20)14-7-3-4-8-14/h5-6,9-11,13-14H,3-4,7-8H2,1-2H3,(H,22,25,27). The number of anilines is 1. The van der Waals surface area contributed by atoms with Crippen molar-refractivity contribution in [2.45, 2.75) is 56.0 Å². The van der Waals surface area contributed by atoms with Gasteiger partial charge >= 0.3 is 0 Å². The summed E-state index contributed by atoms with van der Waals surface area (Å²) in [5.41, 5.74) is 0.857. The molecule has 1 N–H and O–H groups in total. The molecule has 0 aliphatic heterocycles. The van der Waals surface area contributed by atoms with Gasteiger partial charge in [-0.25, -0.2) is 0 Å². The van der Waals surface area contributed by atoms with Crippen LogP contribution < -0.4 is 5.32 Å². The van der Waals surface area contributed by atoms with E-state index in [0.29, 0.717) is 22.6 Å². The van der Waals surface area contributed by atoms with Crippen LogP contribution in [0.1, 0.15) is 44.4 Å². The highest BCUT2D eigenvalue weighted by molar-refractivity contribution is 8.00. The summed E-state index contributed by atoms with van der Waals surface area (Å²) in [6, 6.07) is 9.65. The molecular formula is C20H22ClN5O2S. The normalized spacial score (nSPS) is 15.6. The highest BCUT2D eigenvalue weighted by Gasteiger charge is 2.28. The van der Waals surface area contributed by atoms with E-state index in [4.69, 9.17) is 16.1 Å². The van der Waals surface area contributed by atoms with Crippen LogP contribution in [0.4, 0.5) is 5.82 Å². The SMILES string of the molecule is Cc1cc(NC(=O)C(C)Sc2nnc(-c3ccccc3Cl)n2C2CCCC2)no1. The predicted octanol–water partition coefficient (Wildman–Crippen LogP) is 5.13. The molecule has 2 aromatic heterocycles. The molecule has 1 atom stereocenters. The van der Waals surface area contributed by atoms with Crippen molar-refractivity contribution >= 4 is 35.1 Å². The van der Waals surface area contributed by atoms with Gasteiger partial charge < -0.3 is 9.84 Å². The van der Waals surface area contributed by atoms with E-state index in [0.717, 1.165) is 29.4 Å². The van der Waals surface area contributed by atoms with Crippen LogP contribution in [0.5, 0.6) is 0 Å². The number of hydrogen-bond donors (Lipinski definition) is 1. The highest BCUT2D eigenvalue weighted by Crippen LogP contribution is 2.39. The molecule has 9 heteroatoms. The van der Waals surface area contributed by atoms with Gasteiger partial charge in [0.25, 0.3) is 0 Å². The summed E-state index contributed by atoms with van der Waals surface area (Å²) in [6.07, 6.45) is 4.50. The average Bonchev–Trinajstić information content (AvgIpc) is 3.43. The Hall–Kier alpha value is -2.32. The van der Waals surface area contributed by atoms with E-state index in [1.54, 1.807) is 13.0 Å². The average molecular weight is 432 g/mol. The summed E-state index contributed by atoms with van der Waals surface area (Å²) in [7, 11) is 0. The molecule has 1 amide bonds. The maximum atomic E-state index is 12.6. The fourth-order valence-corrected chi connectivity index (χ4v) is 4.68. The maximum Gasteiger partial charge on any atom is 0.238 e.